The molecule has 0 saturated carbocycles. The van der Waals surface area contributed by atoms with Gasteiger partial charge in [-0.05, 0) is 19.1 Å². The predicted octanol–water partition coefficient (Wildman–Crippen LogP) is 3.33. The lowest BCUT2D eigenvalue weighted by molar-refractivity contribution is 0.405. The predicted molar refractivity (Wildman–Crippen MR) is 76.9 cm³/mol. The number of rotatable bonds is 1. The van der Waals surface area contributed by atoms with Crippen LogP contribution in [0.4, 0.5) is 0 Å². The van der Waals surface area contributed by atoms with Crippen molar-refractivity contribution >= 4 is 10.9 Å². The van der Waals surface area contributed by atoms with Crippen molar-refractivity contribution in [2.75, 3.05) is 0 Å². The quantitative estimate of drug-likeness (QED) is 0.591. The van der Waals surface area contributed by atoms with Crippen molar-refractivity contribution < 1.29 is 15.3 Å². The van der Waals surface area contributed by atoms with E-state index in [0.29, 0.717) is 11.2 Å². The highest BCUT2D eigenvalue weighted by Gasteiger charge is 2.13. The highest BCUT2D eigenvalue weighted by atomic mass is 16.3. The van der Waals surface area contributed by atoms with E-state index in [1.807, 2.05) is 31.2 Å². The fourth-order valence-electron chi connectivity index (χ4n) is 2.15. The average molecular weight is 267 g/mol. The van der Waals surface area contributed by atoms with Crippen LogP contribution in [-0.2, 0) is 0 Å². The van der Waals surface area contributed by atoms with Crippen LogP contribution in [-0.4, -0.2) is 20.3 Å². The summed E-state index contributed by atoms with van der Waals surface area (Å²) in [7, 11) is 0. The summed E-state index contributed by atoms with van der Waals surface area (Å²) >= 11 is 0. The molecular weight excluding hydrogens is 254 g/mol. The van der Waals surface area contributed by atoms with E-state index in [1.165, 1.54) is 12.1 Å². The molecule has 0 radical (unpaired) electrons. The van der Waals surface area contributed by atoms with Gasteiger partial charge in [0.25, 0.3) is 0 Å². The van der Waals surface area contributed by atoms with E-state index in [-0.39, 0.29) is 22.6 Å². The number of nitrogens with zero attached hydrogens (tertiary/aromatic N) is 1. The van der Waals surface area contributed by atoms with E-state index in [9.17, 15) is 15.3 Å². The first-order valence-corrected chi connectivity index (χ1v) is 6.18. The summed E-state index contributed by atoms with van der Waals surface area (Å²) in [5.41, 5.74) is 3.05. The summed E-state index contributed by atoms with van der Waals surface area (Å²) < 4.78 is 0. The molecule has 0 fully saturated rings. The van der Waals surface area contributed by atoms with Gasteiger partial charge >= 0.3 is 0 Å². The summed E-state index contributed by atoms with van der Waals surface area (Å²) in [6.45, 7) is 2.00. The van der Waals surface area contributed by atoms with Gasteiger partial charge in [0.15, 0.2) is 11.5 Å². The van der Waals surface area contributed by atoms with Crippen molar-refractivity contribution in [3.05, 3.63) is 48.0 Å². The Morgan fingerprint density at radius 3 is 2.25 bits per heavy atom. The summed E-state index contributed by atoms with van der Waals surface area (Å²) in [6, 6.07) is 12.2. The molecule has 0 amide bonds. The van der Waals surface area contributed by atoms with E-state index >= 15 is 0 Å². The summed E-state index contributed by atoms with van der Waals surface area (Å²) in [5.74, 6) is -0.750. The van der Waals surface area contributed by atoms with Crippen molar-refractivity contribution in [3.8, 4) is 28.5 Å². The zero-order chi connectivity index (χ0) is 14.3. The van der Waals surface area contributed by atoms with E-state index in [1.54, 1.807) is 6.07 Å². The van der Waals surface area contributed by atoms with Crippen LogP contribution in [0.15, 0.2) is 42.5 Å². The van der Waals surface area contributed by atoms with E-state index in [0.717, 1.165) is 11.1 Å². The number of aromatic nitrogens is 1. The molecule has 0 bridgehead atoms. The average Bonchev–Trinajstić information content (AvgIpc) is 2.43. The summed E-state index contributed by atoms with van der Waals surface area (Å²) in [5, 5.41) is 29.5. The Morgan fingerprint density at radius 2 is 1.55 bits per heavy atom. The lowest BCUT2D eigenvalue weighted by Gasteiger charge is -2.08. The van der Waals surface area contributed by atoms with Gasteiger partial charge in [-0.25, -0.2) is 4.98 Å². The largest absolute Gasteiger partial charge is 0.507 e. The van der Waals surface area contributed by atoms with Crippen molar-refractivity contribution in [2.45, 2.75) is 6.92 Å². The molecule has 0 unspecified atom stereocenters. The van der Waals surface area contributed by atoms with Gasteiger partial charge < -0.3 is 15.3 Å². The third-order valence-electron chi connectivity index (χ3n) is 3.25. The molecule has 0 aliphatic carbocycles. The molecule has 3 aromatic rings. The van der Waals surface area contributed by atoms with E-state index in [4.69, 9.17) is 0 Å². The van der Waals surface area contributed by atoms with Crippen molar-refractivity contribution in [1.29, 1.82) is 0 Å². The van der Waals surface area contributed by atoms with Gasteiger partial charge in [0.1, 0.15) is 5.75 Å². The Labute approximate surface area is 115 Å². The number of benzene rings is 2. The van der Waals surface area contributed by atoms with Gasteiger partial charge in [-0.1, -0.05) is 29.8 Å². The summed E-state index contributed by atoms with van der Waals surface area (Å²) in [4.78, 5) is 4.41. The topological polar surface area (TPSA) is 73.6 Å². The van der Waals surface area contributed by atoms with Crippen LogP contribution in [0.25, 0.3) is 22.2 Å². The summed E-state index contributed by atoms with van der Waals surface area (Å²) in [6.07, 6.45) is 0. The van der Waals surface area contributed by atoms with Crippen molar-refractivity contribution in [1.82, 2.24) is 4.98 Å². The Morgan fingerprint density at radius 1 is 0.850 bits per heavy atom. The van der Waals surface area contributed by atoms with Gasteiger partial charge in [0.05, 0.1) is 16.6 Å². The highest BCUT2D eigenvalue weighted by molar-refractivity contribution is 5.94. The standard InChI is InChI=1S/C16H13NO3/c1-9-2-4-10(5-3-9)12-8-14(19)15-11(17-12)6-7-13(18)16(15)20/h2-8,18,20H,1H3,(H,17,19). The highest BCUT2D eigenvalue weighted by Crippen LogP contribution is 2.39. The SMILES string of the molecule is Cc1ccc(-c2cc(O)c3c(O)c(O)ccc3n2)cc1. The molecule has 1 aromatic heterocycles. The van der Waals surface area contributed by atoms with Crippen molar-refractivity contribution in [2.24, 2.45) is 0 Å². The number of aryl methyl sites for hydroxylation is 1. The number of hydrogen-bond acceptors (Lipinski definition) is 4. The van der Waals surface area contributed by atoms with Gasteiger partial charge in [-0.3, -0.25) is 0 Å². The van der Waals surface area contributed by atoms with Gasteiger partial charge in [0, 0.05) is 11.6 Å². The fraction of sp³-hybridized carbons (Fsp3) is 0.0625. The first kappa shape index (κ1) is 12.3. The number of phenols is 2. The molecule has 100 valence electrons. The molecule has 0 aliphatic heterocycles. The second-order valence-corrected chi connectivity index (χ2v) is 4.72. The molecule has 20 heavy (non-hydrogen) atoms. The minimum absolute atomic E-state index is 0.112. The molecule has 3 rings (SSSR count). The van der Waals surface area contributed by atoms with E-state index in [2.05, 4.69) is 4.98 Å². The molecule has 3 N–H and O–H groups in total. The molecule has 1 heterocycles. The molecule has 4 heteroatoms. The second-order valence-electron chi connectivity index (χ2n) is 4.72. The second kappa shape index (κ2) is 4.42. The maximum atomic E-state index is 10.1. The fourth-order valence-corrected chi connectivity index (χ4v) is 2.15. The number of aromatic hydroxyl groups is 3. The van der Waals surface area contributed by atoms with Crippen LogP contribution < -0.4 is 0 Å². The number of fused-ring (bicyclic) bond motifs is 1. The third kappa shape index (κ3) is 1.91. The van der Waals surface area contributed by atoms with Crippen LogP contribution in [0.1, 0.15) is 5.56 Å². The maximum absolute atomic E-state index is 10.1. The Hall–Kier alpha value is -2.75. The zero-order valence-electron chi connectivity index (χ0n) is 10.8. The van der Waals surface area contributed by atoms with E-state index < -0.39 is 0 Å². The Balaban J connectivity index is 2.25. The molecule has 0 aliphatic rings. The first-order chi connectivity index (χ1) is 9.56. The molecular formula is C16H13NO3. The van der Waals surface area contributed by atoms with Crippen LogP contribution >= 0.6 is 0 Å². The number of pyridine rings is 1. The first-order valence-electron chi connectivity index (χ1n) is 6.18. The lowest BCUT2D eigenvalue weighted by atomic mass is 10.1. The minimum atomic E-state index is -0.358. The minimum Gasteiger partial charge on any atom is -0.507 e. The van der Waals surface area contributed by atoms with Crippen LogP contribution in [0, 0.1) is 6.92 Å². The molecule has 0 atom stereocenters. The monoisotopic (exact) mass is 267 g/mol. The molecule has 4 nitrogen and oxygen atoms in total. The van der Waals surface area contributed by atoms with Crippen LogP contribution in [0.2, 0.25) is 0 Å². The smallest absolute Gasteiger partial charge is 0.170 e. The molecule has 2 aromatic carbocycles. The third-order valence-corrected chi connectivity index (χ3v) is 3.25. The normalized spacial score (nSPS) is 10.8. The van der Waals surface area contributed by atoms with Gasteiger partial charge in [-0.2, -0.15) is 0 Å². The molecule has 0 saturated heterocycles. The van der Waals surface area contributed by atoms with Crippen LogP contribution in [0.3, 0.4) is 0 Å². The Bertz CT molecular complexity index is 795. The number of phenolic OH excluding ortho intramolecular Hbond substituents is 2. The Kier molecular flexibility index (Phi) is 2.71. The zero-order valence-corrected chi connectivity index (χ0v) is 10.8. The maximum Gasteiger partial charge on any atom is 0.170 e. The van der Waals surface area contributed by atoms with Gasteiger partial charge in [-0.15, -0.1) is 0 Å². The number of hydrogen-bond donors (Lipinski definition) is 3. The van der Waals surface area contributed by atoms with Gasteiger partial charge in [0.2, 0.25) is 0 Å². The van der Waals surface area contributed by atoms with Crippen LogP contribution in [0.5, 0.6) is 17.2 Å². The van der Waals surface area contributed by atoms with Crippen molar-refractivity contribution in [3.63, 3.8) is 0 Å². The molecule has 0 spiro atoms. The lowest BCUT2D eigenvalue weighted by Crippen LogP contribution is -1.87.